The lowest BCUT2D eigenvalue weighted by atomic mass is 10.1. The van der Waals surface area contributed by atoms with Gasteiger partial charge in [0.1, 0.15) is 5.82 Å². The number of aliphatic imine (C=N–C) groups is 1. The van der Waals surface area contributed by atoms with E-state index >= 15 is 0 Å². The molecule has 0 aromatic heterocycles. The predicted octanol–water partition coefficient (Wildman–Crippen LogP) is 4.61. The molecule has 0 aliphatic carbocycles. The maximum atomic E-state index is 13.7. The molecule has 0 fully saturated rings. The number of rotatable bonds is 3. The summed E-state index contributed by atoms with van der Waals surface area (Å²) in [5.74, 6) is 0.546. The fourth-order valence-electron chi connectivity index (χ4n) is 2.18. The van der Waals surface area contributed by atoms with Crippen LogP contribution in [-0.2, 0) is 6.42 Å². The van der Waals surface area contributed by atoms with Gasteiger partial charge in [-0.25, -0.2) is 4.39 Å². The third kappa shape index (κ3) is 3.77. The van der Waals surface area contributed by atoms with E-state index in [-0.39, 0.29) is 11.9 Å². The van der Waals surface area contributed by atoms with E-state index in [1.807, 2.05) is 18.2 Å². The highest BCUT2D eigenvalue weighted by Gasteiger charge is 2.19. The second-order valence-corrected chi connectivity index (χ2v) is 6.28. The van der Waals surface area contributed by atoms with Crippen LogP contribution in [0.3, 0.4) is 0 Å². The van der Waals surface area contributed by atoms with Crippen LogP contribution in [0.25, 0.3) is 0 Å². The molecule has 1 N–H and O–H groups in total. The third-order valence-corrected chi connectivity index (χ3v) is 4.47. The summed E-state index contributed by atoms with van der Waals surface area (Å²) < 4.78 is 13.7. The minimum absolute atomic E-state index is 0.232. The maximum Gasteiger partial charge on any atom is 0.161 e. The van der Waals surface area contributed by atoms with Crippen LogP contribution in [0, 0.1) is 5.82 Å². The predicted molar refractivity (Wildman–Crippen MR) is 88.9 cm³/mol. The first kappa shape index (κ1) is 14.4. The lowest BCUT2D eigenvalue weighted by Crippen LogP contribution is -2.09. The zero-order valence-corrected chi connectivity index (χ0v) is 12.8. The van der Waals surface area contributed by atoms with Gasteiger partial charge in [0.2, 0.25) is 0 Å². The average molecular weight is 321 g/mol. The third-order valence-electron chi connectivity index (χ3n) is 3.20. The van der Waals surface area contributed by atoms with Gasteiger partial charge in [0, 0.05) is 10.8 Å². The van der Waals surface area contributed by atoms with Gasteiger partial charge in [-0.05, 0) is 30.2 Å². The summed E-state index contributed by atoms with van der Waals surface area (Å²) in [6.45, 7) is 0. The largest absolute Gasteiger partial charge is 0.333 e. The second kappa shape index (κ2) is 6.50. The Morgan fingerprint density at radius 3 is 2.81 bits per heavy atom. The normalized spacial score (nSPS) is 17.6. The Morgan fingerprint density at radius 1 is 1.24 bits per heavy atom. The number of anilines is 1. The van der Waals surface area contributed by atoms with Crippen molar-refractivity contribution in [1.29, 1.82) is 0 Å². The number of hydrogen-bond donors (Lipinski definition) is 1. The van der Waals surface area contributed by atoms with Crippen molar-refractivity contribution in [2.45, 2.75) is 12.5 Å². The van der Waals surface area contributed by atoms with Crippen LogP contribution >= 0.6 is 23.4 Å². The monoisotopic (exact) mass is 320 g/mol. The Labute approximate surface area is 132 Å². The number of nitrogens with one attached hydrogen (secondary N) is 1. The summed E-state index contributed by atoms with van der Waals surface area (Å²) in [5.41, 5.74) is 1.68. The standard InChI is InChI=1S/C16H14ClFN2S/c17-12-6-7-15(14(18)9-12)20-16-19-13(10-21-16)8-11-4-2-1-3-5-11/h1-7,9,13H,8,10H2,(H,19,20). The van der Waals surface area contributed by atoms with Crippen molar-refractivity contribution in [2.75, 3.05) is 11.1 Å². The molecule has 0 amide bonds. The van der Waals surface area contributed by atoms with E-state index in [1.54, 1.807) is 23.9 Å². The fourth-order valence-corrected chi connectivity index (χ4v) is 3.29. The van der Waals surface area contributed by atoms with Crippen LogP contribution in [0.1, 0.15) is 5.56 Å². The van der Waals surface area contributed by atoms with Crippen molar-refractivity contribution >= 4 is 34.2 Å². The molecule has 0 saturated carbocycles. The first-order valence-electron chi connectivity index (χ1n) is 6.67. The molecule has 2 aromatic rings. The van der Waals surface area contributed by atoms with Crippen molar-refractivity contribution in [2.24, 2.45) is 4.99 Å². The second-order valence-electron chi connectivity index (χ2n) is 4.84. The van der Waals surface area contributed by atoms with Crippen molar-refractivity contribution in [3.05, 3.63) is 64.9 Å². The first-order valence-corrected chi connectivity index (χ1v) is 8.03. The fraction of sp³-hybridized carbons (Fsp3) is 0.188. The van der Waals surface area contributed by atoms with Crippen molar-refractivity contribution in [3.63, 3.8) is 0 Å². The van der Waals surface area contributed by atoms with Crippen LogP contribution in [0.5, 0.6) is 0 Å². The highest BCUT2D eigenvalue weighted by Crippen LogP contribution is 2.25. The smallest absolute Gasteiger partial charge is 0.161 e. The van der Waals surface area contributed by atoms with Crippen LogP contribution in [0.15, 0.2) is 53.5 Å². The van der Waals surface area contributed by atoms with E-state index in [0.717, 1.165) is 17.3 Å². The molecule has 1 atom stereocenters. The van der Waals surface area contributed by atoms with Crippen LogP contribution in [-0.4, -0.2) is 17.0 Å². The van der Waals surface area contributed by atoms with Crippen molar-refractivity contribution in [3.8, 4) is 0 Å². The van der Waals surface area contributed by atoms with Gasteiger partial charge in [-0.1, -0.05) is 53.7 Å². The lowest BCUT2D eigenvalue weighted by molar-refractivity contribution is 0.632. The molecule has 1 unspecified atom stereocenters. The number of hydrogen-bond acceptors (Lipinski definition) is 3. The van der Waals surface area contributed by atoms with Crippen molar-refractivity contribution in [1.82, 2.24) is 0 Å². The Hall–Kier alpha value is -1.52. The van der Waals surface area contributed by atoms with E-state index in [9.17, 15) is 4.39 Å². The Bertz CT molecular complexity index is 661. The van der Waals surface area contributed by atoms with Gasteiger partial charge in [-0.3, -0.25) is 4.99 Å². The van der Waals surface area contributed by atoms with Gasteiger partial charge in [0.15, 0.2) is 5.17 Å². The highest BCUT2D eigenvalue weighted by atomic mass is 35.5. The molecule has 0 saturated heterocycles. The maximum absolute atomic E-state index is 13.7. The number of thioether (sulfide) groups is 1. The topological polar surface area (TPSA) is 24.4 Å². The van der Waals surface area contributed by atoms with E-state index in [2.05, 4.69) is 22.4 Å². The Balaban J connectivity index is 1.66. The molecule has 1 aliphatic heterocycles. The Morgan fingerprint density at radius 2 is 2.05 bits per heavy atom. The quantitative estimate of drug-likeness (QED) is 0.893. The van der Waals surface area contributed by atoms with E-state index in [0.29, 0.717) is 10.7 Å². The number of benzene rings is 2. The first-order chi connectivity index (χ1) is 10.2. The SMILES string of the molecule is Fc1cc(Cl)ccc1NC1=NC(Cc2ccccc2)CS1. The van der Waals surface area contributed by atoms with E-state index in [4.69, 9.17) is 11.6 Å². The molecule has 21 heavy (non-hydrogen) atoms. The molecular formula is C16H14ClFN2S. The van der Waals surface area contributed by atoms with Gasteiger partial charge in [0.05, 0.1) is 11.7 Å². The molecule has 0 radical (unpaired) electrons. The van der Waals surface area contributed by atoms with Gasteiger partial charge in [0.25, 0.3) is 0 Å². The molecule has 2 nitrogen and oxygen atoms in total. The van der Waals surface area contributed by atoms with Crippen LogP contribution < -0.4 is 5.32 Å². The van der Waals surface area contributed by atoms with E-state index in [1.165, 1.54) is 11.6 Å². The molecule has 1 heterocycles. The van der Waals surface area contributed by atoms with Gasteiger partial charge < -0.3 is 5.32 Å². The zero-order valence-electron chi connectivity index (χ0n) is 11.2. The van der Waals surface area contributed by atoms with Gasteiger partial charge in [-0.2, -0.15) is 0 Å². The minimum atomic E-state index is -0.364. The summed E-state index contributed by atoms with van der Waals surface area (Å²) in [7, 11) is 0. The summed E-state index contributed by atoms with van der Waals surface area (Å²) >= 11 is 7.36. The number of halogens is 2. The zero-order chi connectivity index (χ0) is 14.7. The molecule has 0 spiro atoms. The van der Waals surface area contributed by atoms with Gasteiger partial charge >= 0.3 is 0 Å². The molecule has 108 valence electrons. The Kier molecular flexibility index (Phi) is 4.46. The molecule has 3 rings (SSSR count). The highest BCUT2D eigenvalue weighted by molar-refractivity contribution is 8.14. The summed E-state index contributed by atoms with van der Waals surface area (Å²) in [5, 5.41) is 4.18. The number of amidine groups is 1. The summed E-state index contributed by atoms with van der Waals surface area (Å²) in [4.78, 5) is 4.61. The molecular weight excluding hydrogens is 307 g/mol. The van der Waals surface area contributed by atoms with Gasteiger partial charge in [-0.15, -0.1) is 0 Å². The number of nitrogens with zero attached hydrogens (tertiary/aromatic N) is 1. The molecule has 0 bridgehead atoms. The van der Waals surface area contributed by atoms with Crippen LogP contribution in [0.4, 0.5) is 10.1 Å². The molecule has 5 heteroatoms. The van der Waals surface area contributed by atoms with Crippen molar-refractivity contribution < 1.29 is 4.39 Å². The van der Waals surface area contributed by atoms with Crippen LogP contribution in [0.2, 0.25) is 5.02 Å². The summed E-state index contributed by atoms with van der Waals surface area (Å²) in [6, 6.07) is 15.1. The summed E-state index contributed by atoms with van der Waals surface area (Å²) in [6.07, 6.45) is 0.905. The molecule has 2 aromatic carbocycles. The minimum Gasteiger partial charge on any atom is -0.333 e. The molecule has 1 aliphatic rings. The lowest BCUT2D eigenvalue weighted by Gasteiger charge is -2.06. The van der Waals surface area contributed by atoms with E-state index < -0.39 is 0 Å². The average Bonchev–Trinajstić information content (AvgIpc) is 2.90.